The fraction of sp³-hybridized carbons (Fsp3) is 0.375. The lowest BCUT2D eigenvalue weighted by atomic mass is 10.1. The van der Waals surface area contributed by atoms with Crippen molar-refractivity contribution in [3.05, 3.63) is 42.0 Å². The molecule has 1 saturated carbocycles. The molecule has 1 fully saturated rings. The summed E-state index contributed by atoms with van der Waals surface area (Å²) in [5.41, 5.74) is 4.09. The van der Waals surface area contributed by atoms with Crippen molar-refractivity contribution in [2.45, 2.75) is 39.3 Å². The molecule has 110 valence electrons. The summed E-state index contributed by atoms with van der Waals surface area (Å²) in [5, 5.41) is 6.25. The number of imidazole rings is 1. The van der Waals surface area contributed by atoms with Crippen molar-refractivity contribution < 1.29 is 4.79 Å². The Morgan fingerprint density at radius 2 is 2.24 bits per heavy atom. The van der Waals surface area contributed by atoms with Crippen LogP contribution >= 0.6 is 0 Å². The predicted molar refractivity (Wildman–Crippen MR) is 83.3 cm³/mol. The van der Waals surface area contributed by atoms with Gasteiger partial charge in [-0.3, -0.25) is 4.79 Å². The highest BCUT2D eigenvalue weighted by molar-refractivity contribution is 5.90. The van der Waals surface area contributed by atoms with Gasteiger partial charge in [-0.05, 0) is 37.5 Å². The maximum Gasteiger partial charge on any atom is 0.221 e. The number of hydrogen-bond acceptors (Lipinski definition) is 3. The quantitative estimate of drug-likeness (QED) is 0.887. The lowest BCUT2D eigenvalue weighted by Crippen LogP contribution is -2.09. The van der Waals surface area contributed by atoms with Gasteiger partial charge in [0.25, 0.3) is 0 Å². The van der Waals surface area contributed by atoms with Gasteiger partial charge in [0, 0.05) is 30.5 Å². The van der Waals surface area contributed by atoms with Crippen molar-refractivity contribution >= 4 is 17.3 Å². The van der Waals surface area contributed by atoms with E-state index in [4.69, 9.17) is 0 Å². The average Bonchev–Trinajstić information content (AvgIpc) is 3.18. The first kappa shape index (κ1) is 13.7. The zero-order valence-electron chi connectivity index (χ0n) is 12.4. The number of amides is 1. The van der Waals surface area contributed by atoms with Crippen molar-refractivity contribution in [2.24, 2.45) is 0 Å². The molecule has 1 aliphatic rings. The van der Waals surface area contributed by atoms with Crippen LogP contribution in [-0.2, 0) is 11.3 Å². The molecule has 1 aliphatic carbocycles. The van der Waals surface area contributed by atoms with Crippen LogP contribution in [-0.4, -0.2) is 15.5 Å². The van der Waals surface area contributed by atoms with E-state index in [0.717, 1.165) is 23.5 Å². The van der Waals surface area contributed by atoms with Crippen molar-refractivity contribution in [1.29, 1.82) is 0 Å². The van der Waals surface area contributed by atoms with E-state index in [9.17, 15) is 4.79 Å². The summed E-state index contributed by atoms with van der Waals surface area (Å²) in [6.07, 6.45) is 6.32. The number of nitrogens with zero attached hydrogens (tertiary/aromatic N) is 2. The first-order valence-electron chi connectivity index (χ1n) is 7.26. The van der Waals surface area contributed by atoms with E-state index in [0.29, 0.717) is 6.04 Å². The van der Waals surface area contributed by atoms with Gasteiger partial charge in [0.15, 0.2) is 0 Å². The van der Waals surface area contributed by atoms with E-state index in [1.807, 2.05) is 37.6 Å². The van der Waals surface area contributed by atoms with Crippen molar-refractivity contribution in [3.63, 3.8) is 0 Å². The van der Waals surface area contributed by atoms with E-state index in [2.05, 4.69) is 20.2 Å². The first-order valence-corrected chi connectivity index (χ1v) is 7.26. The fourth-order valence-corrected chi connectivity index (χ4v) is 2.40. The molecule has 2 N–H and O–H groups in total. The minimum atomic E-state index is -0.0536. The molecule has 3 rings (SSSR count). The van der Waals surface area contributed by atoms with Crippen LogP contribution in [0.5, 0.6) is 0 Å². The molecular formula is C16H20N4O. The second-order valence-electron chi connectivity index (χ2n) is 5.59. The number of hydrogen-bond donors (Lipinski definition) is 2. The van der Waals surface area contributed by atoms with Gasteiger partial charge in [0.2, 0.25) is 5.91 Å². The second kappa shape index (κ2) is 5.60. The Balaban J connectivity index is 1.69. The number of nitrogens with one attached hydrogen (secondary N) is 2. The average molecular weight is 284 g/mol. The van der Waals surface area contributed by atoms with Gasteiger partial charge in [-0.25, -0.2) is 4.98 Å². The SMILES string of the molecule is CC(=O)Nc1cc(NCc2cncn2C2CC2)ccc1C. The van der Waals surface area contributed by atoms with E-state index >= 15 is 0 Å². The number of benzene rings is 1. The van der Waals surface area contributed by atoms with Gasteiger partial charge in [-0.1, -0.05) is 6.07 Å². The highest BCUT2D eigenvalue weighted by atomic mass is 16.1. The first-order chi connectivity index (χ1) is 10.1. The molecule has 1 aromatic heterocycles. The Morgan fingerprint density at radius 1 is 1.43 bits per heavy atom. The summed E-state index contributed by atoms with van der Waals surface area (Å²) in [6.45, 7) is 4.24. The van der Waals surface area contributed by atoms with Crippen LogP contribution in [0.1, 0.15) is 37.1 Å². The molecule has 0 atom stereocenters. The summed E-state index contributed by atoms with van der Waals surface area (Å²) >= 11 is 0. The molecule has 5 nitrogen and oxygen atoms in total. The third-order valence-corrected chi connectivity index (χ3v) is 3.71. The predicted octanol–water partition coefficient (Wildman–Crippen LogP) is 3.10. The van der Waals surface area contributed by atoms with Crippen LogP contribution < -0.4 is 10.6 Å². The van der Waals surface area contributed by atoms with Gasteiger partial charge in [0.1, 0.15) is 0 Å². The largest absolute Gasteiger partial charge is 0.379 e. The second-order valence-corrected chi connectivity index (χ2v) is 5.59. The zero-order chi connectivity index (χ0) is 14.8. The summed E-state index contributed by atoms with van der Waals surface area (Å²) in [7, 11) is 0. The summed E-state index contributed by atoms with van der Waals surface area (Å²) in [4.78, 5) is 15.4. The van der Waals surface area contributed by atoms with Crippen molar-refractivity contribution in [3.8, 4) is 0 Å². The minimum absolute atomic E-state index is 0.0536. The van der Waals surface area contributed by atoms with Crippen LogP contribution in [0.15, 0.2) is 30.7 Å². The molecule has 1 amide bonds. The number of carbonyl (C=O) groups excluding carboxylic acids is 1. The molecule has 0 aliphatic heterocycles. The van der Waals surface area contributed by atoms with Gasteiger partial charge in [-0.15, -0.1) is 0 Å². The van der Waals surface area contributed by atoms with Crippen molar-refractivity contribution in [1.82, 2.24) is 9.55 Å². The normalized spacial score (nSPS) is 14.0. The van der Waals surface area contributed by atoms with Gasteiger partial charge >= 0.3 is 0 Å². The Labute approximate surface area is 124 Å². The lowest BCUT2D eigenvalue weighted by Gasteiger charge is -2.12. The smallest absolute Gasteiger partial charge is 0.221 e. The van der Waals surface area contributed by atoms with Gasteiger partial charge < -0.3 is 15.2 Å². The molecule has 2 aromatic rings. The maximum atomic E-state index is 11.2. The van der Waals surface area contributed by atoms with Gasteiger partial charge in [-0.2, -0.15) is 0 Å². The monoisotopic (exact) mass is 284 g/mol. The number of carbonyl (C=O) groups is 1. The van der Waals surface area contributed by atoms with E-state index in [-0.39, 0.29) is 5.91 Å². The number of aromatic nitrogens is 2. The Morgan fingerprint density at radius 3 is 2.95 bits per heavy atom. The van der Waals surface area contributed by atoms with E-state index in [1.165, 1.54) is 25.5 Å². The standard InChI is InChI=1S/C16H20N4O/c1-11-3-4-13(7-16(11)19-12(2)21)18-9-15-8-17-10-20(15)14-5-6-14/h3-4,7-8,10,14,18H,5-6,9H2,1-2H3,(H,19,21). The van der Waals surface area contributed by atoms with Crippen LogP contribution in [0.4, 0.5) is 11.4 Å². The summed E-state index contributed by atoms with van der Waals surface area (Å²) < 4.78 is 2.25. The number of aryl methyl sites for hydroxylation is 1. The Bertz CT molecular complexity index is 658. The molecule has 5 heteroatoms. The molecule has 0 spiro atoms. The van der Waals surface area contributed by atoms with Crippen LogP contribution in [0, 0.1) is 6.92 Å². The molecule has 1 heterocycles. The Kier molecular flexibility index (Phi) is 3.64. The molecule has 21 heavy (non-hydrogen) atoms. The molecule has 0 saturated heterocycles. The highest BCUT2D eigenvalue weighted by Gasteiger charge is 2.24. The van der Waals surface area contributed by atoms with E-state index in [1.54, 1.807) is 0 Å². The number of anilines is 2. The summed E-state index contributed by atoms with van der Waals surface area (Å²) in [6, 6.07) is 6.64. The molecular weight excluding hydrogens is 264 g/mol. The summed E-state index contributed by atoms with van der Waals surface area (Å²) in [5.74, 6) is -0.0536. The Hall–Kier alpha value is -2.30. The minimum Gasteiger partial charge on any atom is -0.379 e. The molecule has 0 radical (unpaired) electrons. The molecule has 0 bridgehead atoms. The topological polar surface area (TPSA) is 59.0 Å². The van der Waals surface area contributed by atoms with Crippen molar-refractivity contribution in [2.75, 3.05) is 10.6 Å². The van der Waals surface area contributed by atoms with Crippen LogP contribution in [0.3, 0.4) is 0 Å². The van der Waals surface area contributed by atoms with Crippen LogP contribution in [0.25, 0.3) is 0 Å². The zero-order valence-corrected chi connectivity index (χ0v) is 12.4. The number of rotatable bonds is 5. The third kappa shape index (κ3) is 3.24. The third-order valence-electron chi connectivity index (χ3n) is 3.71. The van der Waals surface area contributed by atoms with Gasteiger partial charge in [0.05, 0.1) is 18.6 Å². The molecule has 1 aromatic carbocycles. The fourth-order valence-electron chi connectivity index (χ4n) is 2.40. The maximum absolute atomic E-state index is 11.2. The van der Waals surface area contributed by atoms with Crippen LogP contribution in [0.2, 0.25) is 0 Å². The highest BCUT2D eigenvalue weighted by Crippen LogP contribution is 2.35. The van der Waals surface area contributed by atoms with E-state index < -0.39 is 0 Å². The lowest BCUT2D eigenvalue weighted by molar-refractivity contribution is -0.114. The molecule has 0 unspecified atom stereocenters.